The van der Waals surface area contributed by atoms with E-state index < -0.39 is 6.10 Å². The first-order valence-corrected chi connectivity index (χ1v) is 10.3. The summed E-state index contributed by atoms with van der Waals surface area (Å²) in [5.41, 5.74) is 13.0. The predicted octanol–water partition coefficient (Wildman–Crippen LogP) is 0.973. The van der Waals surface area contributed by atoms with Crippen molar-refractivity contribution in [3.63, 3.8) is 0 Å². The van der Waals surface area contributed by atoms with E-state index in [2.05, 4.69) is 15.0 Å². The zero-order valence-electron chi connectivity index (χ0n) is 17.4. The number of nitrogens with zero attached hydrogens (tertiary/aromatic N) is 5. The molecule has 0 radical (unpaired) electrons. The van der Waals surface area contributed by atoms with Gasteiger partial charge in [-0.3, -0.25) is 4.79 Å². The Morgan fingerprint density at radius 1 is 1.32 bits per heavy atom. The molecular formula is C21H27N7O3. The second-order valence-corrected chi connectivity index (χ2v) is 7.72. The molecule has 5 N–H and O–H groups in total. The smallest absolute Gasteiger partial charge is 0.254 e. The van der Waals surface area contributed by atoms with Crippen molar-refractivity contribution in [1.29, 1.82) is 0 Å². The molecule has 0 unspecified atom stereocenters. The number of rotatable bonds is 7. The number of ether oxygens (including phenoxy) is 1. The number of nitrogens with two attached hydrogens (primary N) is 2. The Hall–Kier alpha value is -3.24. The number of hydrogen-bond acceptors (Lipinski definition) is 8. The average Bonchev–Trinajstić information content (AvgIpc) is 3.37. The lowest BCUT2D eigenvalue weighted by atomic mass is 10.1. The van der Waals surface area contributed by atoms with Crippen molar-refractivity contribution in [3.8, 4) is 5.75 Å². The fourth-order valence-corrected chi connectivity index (χ4v) is 4.13. The van der Waals surface area contributed by atoms with Crippen LogP contribution < -0.4 is 16.2 Å². The van der Waals surface area contributed by atoms with Crippen molar-refractivity contribution in [2.24, 2.45) is 5.73 Å². The van der Waals surface area contributed by atoms with Gasteiger partial charge in [-0.25, -0.2) is 15.0 Å². The Morgan fingerprint density at radius 3 is 2.97 bits per heavy atom. The number of aliphatic hydroxyl groups excluding tert-OH is 1. The van der Waals surface area contributed by atoms with Crippen molar-refractivity contribution in [3.05, 3.63) is 42.5 Å². The van der Waals surface area contributed by atoms with Crippen LogP contribution in [0.3, 0.4) is 0 Å². The van der Waals surface area contributed by atoms with E-state index in [0.29, 0.717) is 54.3 Å². The van der Waals surface area contributed by atoms with Gasteiger partial charge in [0.05, 0.1) is 31.1 Å². The van der Waals surface area contributed by atoms with Crippen molar-refractivity contribution in [2.75, 3.05) is 25.9 Å². The first kappa shape index (κ1) is 21.0. The number of benzene rings is 1. The van der Waals surface area contributed by atoms with Crippen LogP contribution in [0.25, 0.3) is 11.2 Å². The molecule has 0 bridgehead atoms. The maximum absolute atomic E-state index is 13.1. The number of carbonyl (C=O) groups excluding carboxylic acids is 1. The van der Waals surface area contributed by atoms with E-state index in [9.17, 15) is 9.90 Å². The molecule has 0 aliphatic heterocycles. The number of nitrogen functional groups attached to an aromatic ring is 1. The highest BCUT2D eigenvalue weighted by atomic mass is 16.5. The highest BCUT2D eigenvalue weighted by Gasteiger charge is 2.40. The number of imidazole rings is 1. The van der Waals surface area contributed by atoms with E-state index in [1.54, 1.807) is 36.5 Å². The molecule has 1 aromatic carbocycles. The molecule has 2 heterocycles. The summed E-state index contributed by atoms with van der Waals surface area (Å²) >= 11 is 0. The SMILES string of the molecule is CN(C(=O)c1cccc(OCCCN)c1)[C@@H]1CC[C@H](n2cnc3c(N)ncnc32)[C@H]1O. The summed E-state index contributed by atoms with van der Waals surface area (Å²) in [6.07, 6.45) is 4.31. The summed E-state index contributed by atoms with van der Waals surface area (Å²) in [6, 6.07) is 6.47. The van der Waals surface area contributed by atoms with Gasteiger partial charge in [0.1, 0.15) is 17.6 Å². The number of carbonyl (C=O) groups is 1. The number of aliphatic hydroxyl groups is 1. The zero-order chi connectivity index (χ0) is 22.0. The molecule has 10 heteroatoms. The van der Waals surface area contributed by atoms with Crippen LogP contribution in [0.4, 0.5) is 5.82 Å². The Kier molecular flexibility index (Phi) is 6.01. The molecule has 1 fully saturated rings. The quantitative estimate of drug-likeness (QED) is 0.475. The molecule has 1 saturated carbocycles. The third-order valence-electron chi connectivity index (χ3n) is 5.81. The highest BCUT2D eigenvalue weighted by Crippen LogP contribution is 2.35. The van der Waals surface area contributed by atoms with Gasteiger partial charge in [0.25, 0.3) is 5.91 Å². The Labute approximate surface area is 179 Å². The van der Waals surface area contributed by atoms with Gasteiger partial charge in [0.2, 0.25) is 0 Å². The first-order chi connectivity index (χ1) is 15.0. The molecule has 1 aliphatic carbocycles. The number of fused-ring (bicyclic) bond motifs is 1. The van der Waals surface area contributed by atoms with Gasteiger partial charge in [-0.1, -0.05) is 6.07 Å². The fraction of sp³-hybridized carbons (Fsp3) is 0.429. The monoisotopic (exact) mass is 425 g/mol. The lowest BCUT2D eigenvalue weighted by molar-refractivity contribution is 0.0446. The second-order valence-electron chi connectivity index (χ2n) is 7.72. The normalized spacial score (nSPS) is 20.8. The molecule has 4 rings (SSSR count). The molecule has 31 heavy (non-hydrogen) atoms. The van der Waals surface area contributed by atoms with Crippen molar-refractivity contribution >= 4 is 22.9 Å². The molecule has 0 saturated heterocycles. The van der Waals surface area contributed by atoms with E-state index >= 15 is 0 Å². The Bertz CT molecular complexity index is 1070. The standard InChI is InChI=1S/C21H27N7O3/c1-27(21(30)13-4-2-5-14(10-13)31-9-3-8-22)15-6-7-16(18(15)29)28-12-26-17-19(23)24-11-25-20(17)28/h2,4-5,10-12,15-16,18,29H,3,6-9,22H2,1H3,(H2,23,24,25)/t15-,16+,18+/m1/s1. The maximum atomic E-state index is 13.1. The summed E-state index contributed by atoms with van der Waals surface area (Å²) < 4.78 is 7.47. The topological polar surface area (TPSA) is 145 Å². The third-order valence-corrected chi connectivity index (χ3v) is 5.81. The Balaban J connectivity index is 1.49. The largest absolute Gasteiger partial charge is 0.494 e. The van der Waals surface area contributed by atoms with Crippen LogP contribution in [-0.2, 0) is 0 Å². The van der Waals surface area contributed by atoms with Crippen LogP contribution in [0, 0.1) is 0 Å². The summed E-state index contributed by atoms with van der Waals surface area (Å²) in [5, 5.41) is 11.1. The predicted molar refractivity (Wildman–Crippen MR) is 116 cm³/mol. The van der Waals surface area contributed by atoms with Gasteiger partial charge < -0.3 is 30.8 Å². The van der Waals surface area contributed by atoms with E-state index in [1.165, 1.54) is 6.33 Å². The number of hydrogen-bond donors (Lipinski definition) is 3. The summed E-state index contributed by atoms with van der Waals surface area (Å²) in [5.74, 6) is 0.754. The highest BCUT2D eigenvalue weighted by molar-refractivity contribution is 5.94. The van der Waals surface area contributed by atoms with Crippen LogP contribution in [0.2, 0.25) is 0 Å². The van der Waals surface area contributed by atoms with Gasteiger partial charge >= 0.3 is 0 Å². The second kappa shape index (κ2) is 8.86. The minimum Gasteiger partial charge on any atom is -0.494 e. The molecule has 164 valence electrons. The van der Waals surface area contributed by atoms with Gasteiger partial charge in [-0.15, -0.1) is 0 Å². The Morgan fingerprint density at radius 2 is 2.16 bits per heavy atom. The zero-order valence-corrected chi connectivity index (χ0v) is 17.4. The molecule has 2 aromatic heterocycles. The van der Waals surface area contributed by atoms with Crippen LogP contribution in [0.1, 0.15) is 35.7 Å². The van der Waals surface area contributed by atoms with Crippen LogP contribution in [-0.4, -0.2) is 67.8 Å². The number of anilines is 1. The fourth-order valence-electron chi connectivity index (χ4n) is 4.13. The van der Waals surface area contributed by atoms with E-state index in [0.717, 1.165) is 6.42 Å². The van der Waals surface area contributed by atoms with E-state index in [4.69, 9.17) is 16.2 Å². The number of likely N-dealkylation sites (N-methyl/N-ethyl adjacent to an activating group) is 1. The van der Waals surface area contributed by atoms with Gasteiger partial charge in [-0.05, 0) is 44.0 Å². The molecule has 3 aromatic rings. The van der Waals surface area contributed by atoms with Gasteiger partial charge in [-0.2, -0.15) is 0 Å². The lowest BCUT2D eigenvalue weighted by Gasteiger charge is -2.29. The third kappa shape index (κ3) is 4.04. The minimum absolute atomic E-state index is 0.170. The molecule has 0 spiro atoms. The van der Waals surface area contributed by atoms with Crippen LogP contribution in [0.5, 0.6) is 5.75 Å². The molecule has 10 nitrogen and oxygen atoms in total. The number of amides is 1. The van der Waals surface area contributed by atoms with Gasteiger partial charge in [0, 0.05) is 12.6 Å². The minimum atomic E-state index is -0.772. The molecule has 3 atom stereocenters. The lowest BCUT2D eigenvalue weighted by Crippen LogP contribution is -2.43. The summed E-state index contributed by atoms with van der Waals surface area (Å²) in [4.78, 5) is 27.2. The van der Waals surface area contributed by atoms with Crippen molar-refractivity contribution in [2.45, 2.75) is 37.5 Å². The van der Waals surface area contributed by atoms with Crippen LogP contribution in [0.15, 0.2) is 36.9 Å². The van der Waals surface area contributed by atoms with Gasteiger partial charge in [0.15, 0.2) is 11.5 Å². The van der Waals surface area contributed by atoms with E-state index in [1.807, 2.05) is 10.6 Å². The molecular weight excluding hydrogens is 398 g/mol. The maximum Gasteiger partial charge on any atom is 0.254 e. The van der Waals surface area contributed by atoms with E-state index in [-0.39, 0.29) is 18.0 Å². The summed E-state index contributed by atoms with van der Waals surface area (Å²) in [6.45, 7) is 1.05. The molecule has 1 amide bonds. The van der Waals surface area contributed by atoms with Crippen LogP contribution >= 0.6 is 0 Å². The van der Waals surface area contributed by atoms with Crippen molar-refractivity contribution < 1.29 is 14.6 Å². The number of aromatic nitrogens is 4. The summed E-state index contributed by atoms with van der Waals surface area (Å²) in [7, 11) is 1.72. The van der Waals surface area contributed by atoms with Crippen molar-refractivity contribution in [1.82, 2.24) is 24.4 Å². The average molecular weight is 425 g/mol. The molecule has 1 aliphatic rings. The first-order valence-electron chi connectivity index (χ1n) is 10.3.